The van der Waals surface area contributed by atoms with Crippen LogP contribution in [0.25, 0.3) is 22.6 Å². The lowest BCUT2D eigenvalue weighted by Crippen LogP contribution is -2.13. The van der Waals surface area contributed by atoms with Gasteiger partial charge in [-0.15, -0.1) is 0 Å². The van der Waals surface area contributed by atoms with Crippen LogP contribution in [0, 0.1) is 11.6 Å². The van der Waals surface area contributed by atoms with Crippen molar-refractivity contribution in [2.75, 3.05) is 5.73 Å². The van der Waals surface area contributed by atoms with Gasteiger partial charge in [0, 0.05) is 17.0 Å². The van der Waals surface area contributed by atoms with Gasteiger partial charge in [-0.1, -0.05) is 20.8 Å². The van der Waals surface area contributed by atoms with Crippen molar-refractivity contribution in [3.8, 4) is 22.6 Å². The lowest BCUT2D eigenvalue weighted by molar-refractivity contribution is 0.552. The first-order valence-electron chi connectivity index (χ1n) is 7.12. The monoisotopic (exact) mass is 317 g/mol. The van der Waals surface area contributed by atoms with E-state index in [4.69, 9.17) is 5.73 Å². The Hall–Kier alpha value is -2.70. The molecular formula is C16H17F2N5. The average Bonchev–Trinajstić information content (AvgIpc) is 3.04. The van der Waals surface area contributed by atoms with Crippen LogP contribution in [0.2, 0.25) is 0 Å². The van der Waals surface area contributed by atoms with E-state index in [2.05, 4.69) is 19.9 Å². The molecule has 120 valence electrons. The summed E-state index contributed by atoms with van der Waals surface area (Å²) in [5.41, 5.74) is 7.10. The number of aromatic nitrogens is 4. The maximum Gasteiger partial charge on any atom is 0.197 e. The molecule has 5 nitrogen and oxygen atoms in total. The molecule has 0 amide bonds. The molecule has 0 aliphatic rings. The first-order valence-corrected chi connectivity index (χ1v) is 7.12. The van der Waals surface area contributed by atoms with Crippen molar-refractivity contribution < 1.29 is 8.78 Å². The van der Waals surface area contributed by atoms with Gasteiger partial charge in [0.15, 0.2) is 5.95 Å². The SMILES string of the molecule is CC(C)(C)c1nc(-c2ccc(F)cc2F)c(-c2cnc(N)[nH]2)[nH]1. The van der Waals surface area contributed by atoms with Gasteiger partial charge in [-0.3, -0.25) is 0 Å². The van der Waals surface area contributed by atoms with Gasteiger partial charge in [-0.05, 0) is 12.1 Å². The number of rotatable bonds is 2. The minimum absolute atomic E-state index is 0.210. The second kappa shape index (κ2) is 5.19. The fraction of sp³-hybridized carbons (Fsp3) is 0.250. The van der Waals surface area contributed by atoms with E-state index in [1.54, 1.807) is 6.20 Å². The highest BCUT2D eigenvalue weighted by atomic mass is 19.1. The molecule has 3 rings (SSSR count). The normalized spacial score (nSPS) is 11.9. The molecule has 2 heterocycles. The number of imidazole rings is 2. The van der Waals surface area contributed by atoms with E-state index in [0.29, 0.717) is 22.9 Å². The molecule has 0 unspecified atom stereocenters. The van der Waals surface area contributed by atoms with Crippen LogP contribution in [0.15, 0.2) is 24.4 Å². The van der Waals surface area contributed by atoms with E-state index >= 15 is 0 Å². The summed E-state index contributed by atoms with van der Waals surface area (Å²) in [6.45, 7) is 5.96. The van der Waals surface area contributed by atoms with Crippen LogP contribution in [0.5, 0.6) is 0 Å². The highest BCUT2D eigenvalue weighted by Crippen LogP contribution is 2.34. The third-order valence-electron chi connectivity index (χ3n) is 3.47. The van der Waals surface area contributed by atoms with Crippen LogP contribution < -0.4 is 5.73 Å². The Kier molecular flexibility index (Phi) is 3.43. The van der Waals surface area contributed by atoms with E-state index in [9.17, 15) is 8.78 Å². The molecule has 0 bridgehead atoms. The molecule has 0 radical (unpaired) electrons. The number of aromatic amines is 2. The molecule has 3 aromatic rings. The summed E-state index contributed by atoms with van der Waals surface area (Å²) >= 11 is 0. The molecule has 7 heteroatoms. The van der Waals surface area contributed by atoms with Crippen LogP contribution in [0.4, 0.5) is 14.7 Å². The molecule has 0 spiro atoms. The topological polar surface area (TPSA) is 83.4 Å². The van der Waals surface area contributed by atoms with Crippen LogP contribution >= 0.6 is 0 Å². The van der Waals surface area contributed by atoms with Crippen molar-refractivity contribution in [1.29, 1.82) is 0 Å². The van der Waals surface area contributed by atoms with E-state index in [0.717, 1.165) is 6.07 Å². The molecule has 0 saturated heterocycles. The number of hydrogen-bond donors (Lipinski definition) is 3. The number of benzene rings is 1. The summed E-state index contributed by atoms with van der Waals surface area (Å²) in [6, 6.07) is 3.41. The van der Waals surface area contributed by atoms with Gasteiger partial charge in [-0.2, -0.15) is 0 Å². The summed E-state index contributed by atoms with van der Waals surface area (Å²) in [6.07, 6.45) is 1.54. The molecule has 0 fully saturated rings. The average molecular weight is 317 g/mol. The van der Waals surface area contributed by atoms with Crippen molar-refractivity contribution >= 4 is 5.95 Å². The number of nitrogen functional groups attached to an aromatic ring is 1. The van der Waals surface area contributed by atoms with E-state index < -0.39 is 11.6 Å². The highest BCUT2D eigenvalue weighted by molar-refractivity contribution is 5.77. The van der Waals surface area contributed by atoms with Gasteiger partial charge in [0.2, 0.25) is 0 Å². The fourth-order valence-electron chi connectivity index (χ4n) is 2.26. The second-order valence-corrected chi connectivity index (χ2v) is 6.37. The van der Waals surface area contributed by atoms with Crippen molar-refractivity contribution in [2.24, 2.45) is 0 Å². The number of H-pyrrole nitrogens is 2. The number of anilines is 1. The predicted octanol–water partition coefficient (Wildman–Crippen LogP) is 3.62. The molecule has 2 aromatic heterocycles. The van der Waals surface area contributed by atoms with Crippen molar-refractivity contribution in [1.82, 2.24) is 19.9 Å². The Bertz CT molecular complexity index is 858. The summed E-state index contributed by atoms with van der Waals surface area (Å²) < 4.78 is 27.4. The molecule has 0 saturated carbocycles. The lowest BCUT2D eigenvalue weighted by atomic mass is 9.96. The third kappa shape index (κ3) is 2.81. The Labute approximate surface area is 132 Å². The van der Waals surface area contributed by atoms with Gasteiger partial charge in [-0.25, -0.2) is 18.7 Å². The minimum atomic E-state index is -0.675. The molecule has 4 N–H and O–H groups in total. The van der Waals surface area contributed by atoms with Crippen LogP contribution in [0.3, 0.4) is 0 Å². The van der Waals surface area contributed by atoms with Gasteiger partial charge in [0.1, 0.15) is 23.2 Å². The lowest BCUT2D eigenvalue weighted by Gasteiger charge is -2.14. The number of halogens is 2. The van der Waals surface area contributed by atoms with Crippen molar-refractivity contribution in [3.05, 3.63) is 41.9 Å². The largest absolute Gasteiger partial charge is 0.369 e. The van der Waals surface area contributed by atoms with E-state index in [1.165, 1.54) is 12.1 Å². The first kappa shape index (κ1) is 15.2. The van der Waals surface area contributed by atoms with Crippen molar-refractivity contribution in [3.63, 3.8) is 0 Å². The maximum absolute atomic E-state index is 14.2. The molecule has 0 aliphatic heterocycles. The zero-order valence-electron chi connectivity index (χ0n) is 13.0. The van der Waals surface area contributed by atoms with E-state index in [-0.39, 0.29) is 16.9 Å². The molecule has 23 heavy (non-hydrogen) atoms. The Balaban J connectivity index is 2.24. The van der Waals surface area contributed by atoms with Gasteiger partial charge < -0.3 is 15.7 Å². The number of nitrogens with two attached hydrogens (primary N) is 1. The predicted molar refractivity (Wildman–Crippen MR) is 84.6 cm³/mol. The second-order valence-electron chi connectivity index (χ2n) is 6.37. The first-order chi connectivity index (χ1) is 10.8. The Morgan fingerprint density at radius 2 is 1.87 bits per heavy atom. The standard InChI is InChI=1S/C16H17F2N5/c1-16(2,3)14-22-12(9-5-4-8(17)6-10(9)18)13(23-14)11-7-20-15(19)21-11/h4-7H,1-3H3,(H,22,23)(H3,19,20,21). The zero-order chi connectivity index (χ0) is 16.8. The number of hydrogen-bond acceptors (Lipinski definition) is 3. The van der Waals surface area contributed by atoms with Gasteiger partial charge in [0.05, 0.1) is 17.6 Å². The van der Waals surface area contributed by atoms with Crippen LogP contribution in [-0.4, -0.2) is 19.9 Å². The van der Waals surface area contributed by atoms with Crippen LogP contribution in [-0.2, 0) is 5.41 Å². The Morgan fingerprint density at radius 3 is 2.43 bits per heavy atom. The molecular weight excluding hydrogens is 300 g/mol. The van der Waals surface area contributed by atoms with Gasteiger partial charge in [0.25, 0.3) is 0 Å². The maximum atomic E-state index is 14.2. The molecule has 0 aliphatic carbocycles. The summed E-state index contributed by atoms with van der Waals surface area (Å²) in [7, 11) is 0. The summed E-state index contributed by atoms with van der Waals surface area (Å²) in [5.74, 6) is -0.382. The fourth-order valence-corrected chi connectivity index (χ4v) is 2.26. The smallest absolute Gasteiger partial charge is 0.197 e. The zero-order valence-corrected chi connectivity index (χ0v) is 13.0. The molecule has 1 aromatic carbocycles. The number of nitrogens with one attached hydrogen (secondary N) is 2. The molecule has 0 atom stereocenters. The van der Waals surface area contributed by atoms with Crippen LogP contribution in [0.1, 0.15) is 26.6 Å². The highest BCUT2D eigenvalue weighted by Gasteiger charge is 2.24. The van der Waals surface area contributed by atoms with Gasteiger partial charge >= 0.3 is 0 Å². The van der Waals surface area contributed by atoms with E-state index in [1.807, 2.05) is 20.8 Å². The summed E-state index contributed by atoms with van der Waals surface area (Å²) in [5, 5.41) is 0. The summed E-state index contributed by atoms with van der Waals surface area (Å²) in [4.78, 5) is 14.6. The number of nitrogens with zero attached hydrogens (tertiary/aromatic N) is 2. The third-order valence-corrected chi connectivity index (χ3v) is 3.47. The minimum Gasteiger partial charge on any atom is -0.369 e. The van der Waals surface area contributed by atoms with Crippen molar-refractivity contribution in [2.45, 2.75) is 26.2 Å². The Morgan fingerprint density at radius 1 is 1.13 bits per heavy atom. The quantitative estimate of drug-likeness (QED) is 0.675.